The van der Waals surface area contributed by atoms with Crippen molar-refractivity contribution >= 4 is 39.5 Å². The van der Waals surface area contributed by atoms with Gasteiger partial charge in [0.25, 0.3) is 0 Å². The third-order valence-electron chi connectivity index (χ3n) is 20.1. The van der Waals surface area contributed by atoms with Gasteiger partial charge in [0.05, 0.1) is 26.4 Å². The molecule has 0 bridgehead atoms. The van der Waals surface area contributed by atoms with E-state index < -0.39 is 97.5 Å². The quantitative estimate of drug-likeness (QED) is 0.0222. The van der Waals surface area contributed by atoms with E-state index >= 15 is 0 Å². The zero-order valence-electron chi connectivity index (χ0n) is 69.2. The Bertz CT molecular complexity index is 2030. The number of hydrogen-bond acceptors (Lipinski definition) is 15. The second-order valence-corrected chi connectivity index (χ2v) is 35.3. The molecule has 17 nitrogen and oxygen atoms in total. The van der Waals surface area contributed by atoms with Crippen LogP contribution in [0.15, 0.2) is 0 Å². The van der Waals surface area contributed by atoms with E-state index in [0.717, 1.165) is 108 Å². The molecular weight excluding hydrogens is 1370 g/mol. The van der Waals surface area contributed by atoms with E-state index in [-0.39, 0.29) is 25.7 Å². The van der Waals surface area contributed by atoms with Crippen molar-refractivity contribution in [2.45, 2.75) is 471 Å². The number of esters is 4. The Labute approximate surface area is 645 Å². The Kier molecular flexibility index (Phi) is 74.7. The molecule has 624 valence electrons. The normalized spacial score (nSPS) is 13.9. The highest BCUT2D eigenvalue weighted by Crippen LogP contribution is 2.45. The summed E-state index contributed by atoms with van der Waals surface area (Å²) in [6.07, 6.45) is 66.7. The molecule has 0 fully saturated rings. The summed E-state index contributed by atoms with van der Waals surface area (Å²) in [5.74, 6) is 0.317. The van der Waals surface area contributed by atoms with Gasteiger partial charge < -0.3 is 33.8 Å². The van der Waals surface area contributed by atoms with Gasteiger partial charge in [0.2, 0.25) is 0 Å². The van der Waals surface area contributed by atoms with Crippen LogP contribution in [0.4, 0.5) is 0 Å². The summed E-state index contributed by atoms with van der Waals surface area (Å²) in [6.45, 7) is 12.0. The molecule has 19 heteroatoms. The summed E-state index contributed by atoms with van der Waals surface area (Å²) in [7, 11) is -9.93. The lowest BCUT2D eigenvalue weighted by atomic mass is 10.0. The van der Waals surface area contributed by atoms with Crippen LogP contribution in [-0.4, -0.2) is 96.7 Å². The first-order chi connectivity index (χ1) is 50.7. The monoisotopic (exact) mass is 1540 g/mol. The van der Waals surface area contributed by atoms with Gasteiger partial charge in [-0.15, -0.1) is 0 Å². The highest BCUT2D eigenvalue weighted by Gasteiger charge is 2.30. The number of phosphoric ester groups is 2. The van der Waals surface area contributed by atoms with Crippen LogP contribution in [0.1, 0.15) is 453 Å². The summed E-state index contributed by atoms with van der Waals surface area (Å²) in [5, 5.41) is 10.7. The van der Waals surface area contributed by atoms with E-state index in [2.05, 4.69) is 48.5 Å². The number of hydrogen-bond donors (Lipinski definition) is 3. The molecule has 0 saturated heterocycles. The standard InChI is InChI=1S/C86H168O17P2/c1-8-9-10-11-12-36-46-53-60-67-83(88)96-73-81(102-85(90)70-63-56-49-42-35-29-23-22-26-32-39-45-52-59-66-79(6)7)75-100-104(92,93)98-71-80(87)72-99-105(94,95)101-76-82(74-97-84(89)68-61-54-47-40-33-27-21-17-19-25-31-38-44-51-58-65-78(4)5)103-86(91)69-62-55-48-41-34-28-20-16-14-13-15-18-24-30-37-43-50-57-64-77(2)3/h77-82,87H,8-76H2,1-7H3,(H,92,93)(H,94,95)/t80-,81+,82+/m0/s1. The third kappa shape index (κ3) is 79.9. The lowest BCUT2D eigenvalue weighted by Gasteiger charge is -2.21. The van der Waals surface area contributed by atoms with E-state index in [0.29, 0.717) is 25.7 Å². The number of carbonyl (C=O) groups excluding carboxylic acids is 4. The number of unbranched alkanes of at least 4 members (excludes halogenated alkanes) is 52. The van der Waals surface area contributed by atoms with Gasteiger partial charge in [-0.3, -0.25) is 37.3 Å². The summed E-state index contributed by atoms with van der Waals surface area (Å²) in [6, 6.07) is 0. The second kappa shape index (κ2) is 76.1. The lowest BCUT2D eigenvalue weighted by molar-refractivity contribution is -0.161. The van der Waals surface area contributed by atoms with Crippen LogP contribution in [0.25, 0.3) is 0 Å². The molecule has 0 saturated carbocycles. The fourth-order valence-electron chi connectivity index (χ4n) is 13.4. The van der Waals surface area contributed by atoms with Crippen molar-refractivity contribution in [1.82, 2.24) is 0 Å². The Morgan fingerprint density at radius 2 is 0.438 bits per heavy atom. The SMILES string of the molecule is CCCCCCCCCCCC(=O)OC[C@H](COP(=O)(O)OC[C@H](O)COP(=O)(O)OC[C@@H](COC(=O)CCCCCCCCCCCCCCCCCC(C)C)OC(=O)CCCCCCCCCCCCCCCCCCCCC(C)C)OC(=O)CCCCCCCCCCCCCCCCC(C)C. The highest BCUT2D eigenvalue weighted by molar-refractivity contribution is 7.47. The first-order valence-electron chi connectivity index (χ1n) is 44.3. The molecule has 3 N–H and O–H groups in total. The molecule has 105 heavy (non-hydrogen) atoms. The van der Waals surface area contributed by atoms with Crippen molar-refractivity contribution in [3.63, 3.8) is 0 Å². The molecule has 0 amide bonds. The Morgan fingerprint density at radius 1 is 0.257 bits per heavy atom. The molecule has 0 rings (SSSR count). The summed E-state index contributed by atoms with van der Waals surface area (Å²) < 4.78 is 68.9. The Morgan fingerprint density at radius 3 is 0.648 bits per heavy atom. The average Bonchev–Trinajstić information content (AvgIpc) is 0.919. The van der Waals surface area contributed by atoms with Crippen molar-refractivity contribution < 1.29 is 80.2 Å². The van der Waals surface area contributed by atoms with Crippen molar-refractivity contribution in [1.29, 1.82) is 0 Å². The Balaban J connectivity index is 5.21. The minimum Gasteiger partial charge on any atom is -0.462 e. The van der Waals surface area contributed by atoms with Crippen molar-refractivity contribution in [2.75, 3.05) is 39.6 Å². The zero-order chi connectivity index (χ0) is 77.2. The number of carbonyl (C=O) groups is 4. The molecule has 0 aromatic carbocycles. The first-order valence-corrected chi connectivity index (χ1v) is 47.3. The van der Waals surface area contributed by atoms with Crippen LogP contribution in [0.5, 0.6) is 0 Å². The molecule has 0 spiro atoms. The fourth-order valence-corrected chi connectivity index (χ4v) is 14.9. The van der Waals surface area contributed by atoms with Crippen LogP contribution in [0.2, 0.25) is 0 Å². The van der Waals surface area contributed by atoms with Crippen molar-refractivity contribution in [3.8, 4) is 0 Å². The second-order valence-electron chi connectivity index (χ2n) is 32.4. The van der Waals surface area contributed by atoms with Gasteiger partial charge in [0.1, 0.15) is 19.3 Å². The summed E-state index contributed by atoms with van der Waals surface area (Å²) >= 11 is 0. The van der Waals surface area contributed by atoms with Gasteiger partial charge in [0, 0.05) is 25.7 Å². The van der Waals surface area contributed by atoms with Gasteiger partial charge >= 0.3 is 39.5 Å². The summed E-state index contributed by atoms with van der Waals surface area (Å²) in [5.41, 5.74) is 0. The number of rotatable bonds is 84. The molecule has 0 heterocycles. The van der Waals surface area contributed by atoms with Crippen LogP contribution in [0.3, 0.4) is 0 Å². The van der Waals surface area contributed by atoms with Crippen molar-refractivity contribution in [2.24, 2.45) is 17.8 Å². The molecular formula is C86H168O17P2. The fraction of sp³-hybridized carbons (Fsp3) is 0.953. The van der Waals surface area contributed by atoms with Crippen molar-refractivity contribution in [3.05, 3.63) is 0 Å². The number of phosphoric acid groups is 2. The van der Waals surface area contributed by atoms with Crippen LogP contribution in [-0.2, 0) is 65.4 Å². The maximum absolute atomic E-state index is 13.1. The van der Waals surface area contributed by atoms with E-state index in [1.54, 1.807) is 0 Å². The van der Waals surface area contributed by atoms with E-state index in [9.17, 15) is 43.2 Å². The van der Waals surface area contributed by atoms with Crippen LogP contribution >= 0.6 is 15.6 Å². The predicted molar refractivity (Wildman–Crippen MR) is 432 cm³/mol. The largest absolute Gasteiger partial charge is 0.472 e. The minimum absolute atomic E-state index is 0.108. The number of ether oxygens (including phenoxy) is 4. The maximum Gasteiger partial charge on any atom is 0.472 e. The molecule has 2 unspecified atom stereocenters. The Hall–Kier alpha value is -1.94. The molecule has 0 aromatic rings. The van der Waals surface area contributed by atoms with E-state index in [1.807, 2.05) is 0 Å². The maximum atomic E-state index is 13.1. The molecule has 5 atom stereocenters. The van der Waals surface area contributed by atoms with E-state index in [1.165, 1.54) is 263 Å². The van der Waals surface area contributed by atoms with Gasteiger partial charge in [-0.25, -0.2) is 9.13 Å². The van der Waals surface area contributed by atoms with Gasteiger partial charge in [-0.05, 0) is 43.4 Å². The summed E-state index contributed by atoms with van der Waals surface area (Å²) in [4.78, 5) is 73.2. The van der Waals surface area contributed by atoms with Gasteiger partial charge in [-0.2, -0.15) is 0 Å². The molecule has 0 aromatic heterocycles. The van der Waals surface area contributed by atoms with Gasteiger partial charge in [0.15, 0.2) is 12.2 Å². The minimum atomic E-state index is -4.97. The van der Waals surface area contributed by atoms with E-state index in [4.69, 9.17) is 37.0 Å². The highest BCUT2D eigenvalue weighted by atomic mass is 31.2. The first kappa shape index (κ1) is 103. The smallest absolute Gasteiger partial charge is 0.462 e. The number of aliphatic hydroxyl groups is 1. The zero-order valence-corrected chi connectivity index (χ0v) is 71.0. The molecule has 0 aliphatic heterocycles. The average molecular weight is 1540 g/mol. The lowest BCUT2D eigenvalue weighted by Crippen LogP contribution is -2.30. The third-order valence-corrected chi connectivity index (χ3v) is 22.0. The number of aliphatic hydroxyl groups excluding tert-OH is 1. The topological polar surface area (TPSA) is 237 Å². The predicted octanol–water partition coefficient (Wildman–Crippen LogP) is 26.1. The molecule has 0 aliphatic carbocycles. The molecule has 0 radical (unpaired) electrons. The van der Waals surface area contributed by atoms with Crippen LogP contribution < -0.4 is 0 Å². The molecule has 0 aliphatic rings. The van der Waals surface area contributed by atoms with Crippen LogP contribution in [0, 0.1) is 17.8 Å². The van der Waals surface area contributed by atoms with Gasteiger partial charge in [-0.1, -0.05) is 402 Å².